The van der Waals surface area contributed by atoms with Gasteiger partial charge in [-0.05, 0) is 30.0 Å². The Morgan fingerprint density at radius 3 is 3.10 bits per heavy atom. The van der Waals surface area contributed by atoms with Gasteiger partial charge in [0, 0.05) is 11.8 Å². The second-order valence-electron chi connectivity index (χ2n) is 4.71. The van der Waals surface area contributed by atoms with Crippen LogP contribution in [0.3, 0.4) is 0 Å². The molecule has 3 rings (SSSR count). The zero-order valence-electron chi connectivity index (χ0n) is 11.3. The molecule has 1 atom stereocenters. The van der Waals surface area contributed by atoms with Crippen molar-refractivity contribution in [2.45, 2.75) is 29.8 Å². The first-order chi connectivity index (χ1) is 10.2. The summed E-state index contributed by atoms with van der Waals surface area (Å²) in [5.74, 6) is 1.24. The second-order valence-corrected chi connectivity index (χ2v) is 8.01. The molecule has 21 heavy (non-hydrogen) atoms. The number of thioether (sulfide) groups is 2. The Balaban J connectivity index is 1.86. The van der Waals surface area contributed by atoms with E-state index >= 15 is 0 Å². The van der Waals surface area contributed by atoms with Crippen molar-refractivity contribution >= 4 is 40.8 Å². The lowest BCUT2D eigenvalue weighted by Gasteiger charge is -2.13. The van der Waals surface area contributed by atoms with Crippen LogP contribution in [0.4, 0.5) is 0 Å². The molecule has 0 bridgehead atoms. The molecule has 1 saturated heterocycles. The summed E-state index contributed by atoms with van der Waals surface area (Å²) >= 11 is 4.85. The van der Waals surface area contributed by atoms with E-state index in [0.29, 0.717) is 10.4 Å². The summed E-state index contributed by atoms with van der Waals surface area (Å²) in [6.07, 6.45) is 2.46. The maximum absolute atomic E-state index is 10.8. The number of hydrogen-bond acceptors (Lipinski definition) is 6. The summed E-state index contributed by atoms with van der Waals surface area (Å²) < 4.78 is 2.09. The Morgan fingerprint density at radius 1 is 1.52 bits per heavy atom. The minimum absolute atomic E-state index is 0.0143. The van der Waals surface area contributed by atoms with Crippen molar-refractivity contribution in [3.05, 3.63) is 17.5 Å². The zero-order chi connectivity index (χ0) is 14.7. The monoisotopic (exact) mass is 341 g/mol. The molecule has 1 aliphatic rings. The van der Waals surface area contributed by atoms with E-state index in [9.17, 15) is 4.79 Å². The van der Waals surface area contributed by atoms with Crippen LogP contribution in [-0.2, 0) is 11.3 Å². The summed E-state index contributed by atoms with van der Waals surface area (Å²) in [6, 6.07) is 4.02. The van der Waals surface area contributed by atoms with Gasteiger partial charge in [-0.2, -0.15) is 11.8 Å². The number of carbonyl (C=O) groups is 1. The van der Waals surface area contributed by atoms with Crippen molar-refractivity contribution in [1.82, 2.24) is 14.8 Å². The first-order valence-electron chi connectivity index (χ1n) is 6.67. The quantitative estimate of drug-likeness (QED) is 0.815. The molecule has 0 amide bonds. The van der Waals surface area contributed by atoms with Gasteiger partial charge >= 0.3 is 5.97 Å². The van der Waals surface area contributed by atoms with Gasteiger partial charge in [0.25, 0.3) is 0 Å². The van der Waals surface area contributed by atoms with Crippen LogP contribution in [0.15, 0.2) is 22.7 Å². The number of rotatable bonds is 6. The number of nitrogens with zero attached hydrogens (tertiary/aromatic N) is 3. The summed E-state index contributed by atoms with van der Waals surface area (Å²) in [5, 5.41) is 20.6. The third-order valence-corrected chi connectivity index (χ3v) is 6.39. The van der Waals surface area contributed by atoms with E-state index in [2.05, 4.69) is 14.8 Å². The highest BCUT2D eigenvalue weighted by molar-refractivity contribution is 8.00. The Kier molecular flexibility index (Phi) is 4.87. The summed E-state index contributed by atoms with van der Waals surface area (Å²) in [7, 11) is 0. The van der Waals surface area contributed by atoms with Gasteiger partial charge in [0.05, 0.1) is 10.6 Å². The fraction of sp³-hybridized carbons (Fsp3) is 0.462. The predicted octanol–water partition coefficient (Wildman–Crippen LogP) is 3.08. The first-order valence-corrected chi connectivity index (χ1v) is 9.58. The molecule has 112 valence electrons. The largest absolute Gasteiger partial charge is 0.481 e. The topological polar surface area (TPSA) is 68.0 Å². The van der Waals surface area contributed by atoms with Gasteiger partial charge in [0.1, 0.15) is 0 Å². The van der Waals surface area contributed by atoms with Gasteiger partial charge < -0.3 is 9.67 Å². The van der Waals surface area contributed by atoms with Crippen LogP contribution in [0.1, 0.15) is 12.8 Å². The fourth-order valence-electron chi connectivity index (χ4n) is 2.27. The van der Waals surface area contributed by atoms with E-state index in [1.807, 2.05) is 29.3 Å². The summed E-state index contributed by atoms with van der Waals surface area (Å²) in [4.78, 5) is 11.9. The Morgan fingerprint density at radius 2 is 2.43 bits per heavy atom. The number of aromatic nitrogens is 3. The molecule has 2 aromatic heterocycles. The highest BCUT2D eigenvalue weighted by Gasteiger charge is 2.22. The van der Waals surface area contributed by atoms with Crippen molar-refractivity contribution < 1.29 is 9.90 Å². The lowest BCUT2D eigenvalue weighted by molar-refractivity contribution is -0.133. The van der Waals surface area contributed by atoms with Gasteiger partial charge in [0.2, 0.25) is 0 Å². The number of carboxylic acid groups (broad SMARTS) is 1. The lowest BCUT2D eigenvalue weighted by atomic mass is 10.2. The van der Waals surface area contributed by atoms with Gasteiger partial charge in [-0.25, -0.2) is 0 Å². The third-order valence-electron chi connectivity index (χ3n) is 3.19. The summed E-state index contributed by atoms with van der Waals surface area (Å²) in [6.45, 7) is 0.854. The molecule has 0 spiro atoms. The standard InChI is InChI=1S/C13H15N3O2S3/c17-11(18)8-21-13-15-14-12(10-4-2-6-20-10)16(13)7-9-3-1-5-19-9/h2,4,6,9H,1,3,5,7-8H2,(H,17,18). The fourth-order valence-corrected chi connectivity index (χ4v) is 4.91. The average Bonchev–Trinajstić information content (AvgIpc) is 3.18. The zero-order valence-corrected chi connectivity index (χ0v) is 13.7. The molecule has 8 heteroatoms. The van der Waals surface area contributed by atoms with Crippen LogP contribution in [0.2, 0.25) is 0 Å². The molecule has 5 nitrogen and oxygen atoms in total. The first kappa shape index (κ1) is 14.9. The predicted molar refractivity (Wildman–Crippen MR) is 87.2 cm³/mol. The van der Waals surface area contributed by atoms with Crippen molar-refractivity contribution in [3.63, 3.8) is 0 Å². The van der Waals surface area contributed by atoms with Crippen molar-refractivity contribution in [1.29, 1.82) is 0 Å². The van der Waals surface area contributed by atoms with Crippen LogP contribution in [0.5, 0.6) is 0 Å². The molecule has 1 N–H and O–H groups in total. The minimum atomic E-state index is -0.831. The van der Waals surface area contributed by atoms with Crippen molar-refractivity contribution in [3.8, 4) is 10.7 Å². The normalized spacial score (nSPS) is 18.2. The highest BCUT2D eigenvalue weighted by Crippen LogP contribution is 2.32. The van der Waals surface area contributed by atoms with E-state index in [4.69, 9.17) is 5.11 Å². The van der Waals surface area contributed by atoms with Gasteiger partial charge in [-0.1, -0.05) is 17.8 Å². The second kappa shape index (κ2) is 6.85. The third kappa shape index (κ3) is 3.61. The number of aliphatic carboxylic acids is 1. The average molecular weight is 341 g/mol. The Bertz CT molecular complexity index is 606. The molecule has 0 aromatic carbocycles. The van der Waals surface area contributed by atoms with Crippen LogP contribution in [-0.4, -0.2) is 42.6 Å². The van der Waals surface area contributed by atoms with Crippen LogP contribution >= 0.6 is 34.9 Å². The summed E-state index contributed by atoms with van der Waals surface area (Å²) in [5.41, 5.74) is 0. The van der Waals surface area contributed by atoms with Crippen molar-refractivity contribution in [2.24, 2.45) is 0 Å². The van der Waals surface area contributed by atoms with E-state index in [0.717, 1.165) is 17.2 Å². The Labute approximate surface area is 135 Å². The molecular formula is C13H15N3O2S3. The van der Waals surface area contributed by atoms with Crippen LogP contribution in [0.25, 0.3) is 10.7 Å². The molecule has 1 unspecified atom stereocenters. The van der Waals surface area contributed by atoms with E-state index in [-0.39, 0.29) is 5.75 Å². The van der Waals surface area contributed by atoms with E-state index in [1.54, 1.807) is 11.3 Å². The van der Waals surface area contributed by atoms with Crippen LogP contribution in [0, 0.1) is 0 Å². The Hall–Kier alpha value is -0.990. The smallest absolute Gasteiger partial charge is 0.313 e. The van der Waals surface area contributed by atoms with Gasteiger partial charge in [-0.3, -0.25) is 4.79 Å². The lowest BCUT2D eigenvalue weighted by Crippen LogP contribution is -2.12. The van der Waals surface area contributed by atoms with E-state index < -0.39 is 5.97 Å². The van der Waals surface area contributed by atoms with Crippen molar-refractivity contribution in [2.75, 3.05) is 11.5 Å². The molecule has 0 saturated carbocycles. The molecular weight excluding hydrogens is 326 g/mol. The molecule has 1 fully saturated rings. The minimum Gasteiger partial charge on any atom is -0.481 e. The van der Waals surface area contributed by atoms with E-state index in [1.165, 1.54) is 30.4 Å². The molecule has 0 aliphatic carbocycles. The molecule has 1 aliphatic heterocycles. The molecule has 0 radical (unpaired) electrons. The maximum Gasteiger partial charge on any atom is 0.313 e. The van der Waals surface area contributed by atoms with Gasteiger partial charge in [-0.15, -0.1) is 21.5 Å². The highest BCUT2D eigenvalue weighted by atomic mass is 32.2. The van der Waals surface area contributed by atoms with Crippen LogP contribution < -0.4 is 0 Å². The number of carboxylic acids is 1. The molecule has 3 heterocycles. The number of thiophene rings is 1. The number of hydrogen-bond donors (Lipinski definition) is 1. The molecule has 2 aromatic rings. The maximum atomic E-state index is 10.8. The SMILES string of the molecule is O=C(O)CSc1nnc(-c2cccs2)n1CC1CCCS1. The van der Waals surface area contributed by atoms with Gasteiger partial charge in [0.15, 0.2) is 11.0 Å².